The first-order valence-corrected chi connectivity index (χ1v) is 17.2. The summed E-state index contributed by atoms with van der Waals surface area (Å²) in [5, 5.41) is 13.7. The Morgan fingerprint density at radius 2 is 1.58 bits per heavy atom. The van der Waals surface area contributed by atoms with Gasteiger partial charge < -0.3 is 20.7 Å². The number of carbonyl (C=O) groups is 5. The van der Waals surface area contributed by atoms with Gasteiger partial charge in [0.2, 0.25) is 11.8 Å². The fourth-order valence-electron chi connectivity index (χ4n) is 5.80. The number of aliphatic hydroxyl groups excluding tert-OH is 1. The molecule has 2 aromatic carbocycles. The molecule has 0 spiro atoms. The Hall–Kier alpha value is -5.21. The first kappa shape index (κ1) is 39.6. The Labute approximate surface area is 301 Å². The second-order valence-corrected chi connectivity index (χ2v) is 13.9. The lowest BCUT2D eigenvalue weighted by Gasteiger charge is -2.33. The summed E-state index contributed by atoms with van der Waals surface area (Å²) in [5.74, 6) is -3.77. The molecular formula is C38H46F2N6O6. The van der Waals surface area contributed by atoms with Gasteiger partial charge in [-0.05, 0) is 60.9 Å². The van der Waals surface area contributed by atoms with Crippen molar-refractivity contribution in [2.24, 2.45) is 11.1 Å². The number of hydrogen-bond donors (Lipinski definition) is 5. The first-order valence-electron chi connectivity index (χ1n) is 17.2. The zero-order chi connectivity index (χ0) is 38.0. The summed E-state index contributed by atoms with van der Waals surface area (Å²) in [5.41, 5.74) is 12.0. The number of benzene rings is 2. The van der Waals surface area contributed by atoms with Crippen molar-refractivity contribution in [2.75, 3.05) is 6.54 Å². The topological polar surface area (TPSA) is 176 Å². The van der Waals surface area contributed by atoms with Gasteiger partial charge in [0.05, 0.1) is 12.1 Å². The molecule has 1 aliphatic heterocycles. The van der Waals surface area contributed by atoms with E-state index in [1.165, 1.54) is 12.2 Å². The third-order valence-corrected chi connectivity index (χ3v) is 8.72. The first-order chi connectivity index (χ1) is 24.6. The second-order valence-electron chi connectivity index (χ2n) is 13.9. The van der Waals surface area contributed by atoms with Crippen LogP contribution in [0.5, 0.6) is 0 Å². The number of carbonyl (C=O) groups excluding carboxylic acids is 5. The molecule has 0 saturated heterocycles. The van der Waals surface area contributed by atoms with Crippen molar-refractivity contribution in [1.29, 1.82) is 0 Å². The van der Waals surface area contributed by atoms with E-state index in [1.54, 1.807) is 12.3 Å². The molecule has 3 atom stereocenters. The fraction of sp³-hybridized carbons (Fsp3) is 0.395. The summed E-state index contributed by atoms with van der Waals surface area (Å²) >= 11 is 0. The highest BCUT2D eigenvalue weighted by atomic mass is 19.1. The average Bonchev–Trinajstić information content (AvgIpc) is 3.66. The van der Waals surface area contributed by atoms with Crippen LogP contribution >= 0.6 is 0 Å². The number of rotatable bonds is 16. The predicted molar refractivity (Wildman–Crippen MR) is 189 cm³/mol. The predicted octanol–water partition coefficient (Wildman–Crippen LogP) is 3.79. The number of unbranched alkanes of at least 4 members (excludes halogenated alkanes) is 2. The number of aliphatic hydroxyl groups is 1. The molecule has 3 aromatic rings. The molecule has 12 nitrogen and oxygen atoms in total. The van der Waals surface area contributed by atoms with Crippen molar-refractivity contribution in [1.82, 2.24) is 25.6 Å². The normalized spacial score (nSPS) is 14.6. The van der Waals surface area contributed by atoms with E-state index in [0.29, 0.717) is 37.1 Å². The van der Waals surface area contributed by atoms with Crippen LogP contribution in [0.2, 0.25) is 0 Å². The van der Waals surface area contributed by atoms with Gasteiger partial charge in [0.25, 0.3) is 17.7 Å². The minimum atomic E-state index is -1.53. The molecule has 52 heavy (non-hydrogen) atoms. The second kappa shape index (κ2) is 17.8. The molecule has 14 heteroatoms. The van der Waals surface area contributed by atoms with Crippen LogP contribution in [0.4, 0.5) is 8.78 Å². The minimum Gasteiger partial charge on any atom is -0.383 e. The van der Waals surface area contributed by atoms with E-state index in [2.05, 4.69) is 16.2 Å². The molecule has 1 aliphatic rings. The molecule has 278 valence electrons. The van der Waals surface area contributed by atoms with E-state index >= 15 is 0 Å². The van der Waals surface area contributed by atoms with Crippen molar-refractivity contribution in [3.05, 3.63) is 95.8 Å². The maximum atomic E-state index is 14.9. The van der Waals surface area contributed by atoms with Gasteiger partial charge in [-0.3, -0.25) is 39.7 Å². The zero-order valence-corrected chi connectivity index (χ0v) is 29.5. The van der Waals surface area contributed by atoms with Gasteiger partial charge >= 0.3 is 0 Å². The Balaban J connectivity index is 1.31. The van der Waals surface area contributed by atoms with E-state index in [9.17, 15) is 37.9 Å². The summed E-state index contributed by atoms with van der Waals surface area (Å²) in [4.78, 5) is 62.3. The van der Waals surface area contributed by atoms with Crippen LogP contribution in [0.1, 0.15) is 76.6 Å². The standard InChI is InChI=1S/C38H46F2N6O6/c1-38(2,3)35(30-20-25(27-21-26(39)13-14-28(27)40)23-45(30)22-24-10-6-4-7-11-24)42-37(52)31(47)16-15-29(41)36(51)44-43-32(48)12-8-5-9-19-46-33(49)17-18-34(46)50/h4,6-7,10-11,13-14,17-18,20-21,23,29,31,35,47H,5,8-9,12,15-16,19,22,41H2,1-3H3,(H,42,52)(H,43,48)(H,44,51)/t29-,31?,35-/m0/s1. The lowest BCUT2D eigenvalue weighted by atomic mass is 9.84. The summed E-state index contributed by atoms with van der Waals surface area (Å²) in [6.45, 7) is 6.34. The van der Waals surface area contributed by atoms with Crippen LogP contribution in [0.25, 0.3) is 11.1 Å². The highest BCUT2D eigenvalue weighted by molar-refractivity contribution is 6.12. The SMILES string of the molecule is CC(C)(C)[C@@H](NC(=O)C(O)CC[C@H](N)C(=O)NNC(=O)CCCCCN1C(=O)C=CC1=O)c1cc(-c2cc(F)ccc2F)cn1Cc1ccccc1. The number of imide groups is 1. The minimum absolute atomic E-state index is 0.0684. The van der Waals surface area contributed by atoms with E-state index in [4.69, 9.17) is 5.73 Å². The van der Waals surface area contributed by atoms with E-state index in [0.717, 1.165) is 28.7 Å². The molecule has 1 aromatic heterocycles. The number of halogens is 2. The Morgan fingerprint density at radius 3 is 2.25 bits per heavy atom. The van der Waals surface area contributed by atoms with Crippen LogP contribution in [-0.4, -0.2) is 62.8 Å². The van der Waals surface area contributed by atoms with Gasteiger partial charge in [0.15, 0.2) is 0 Å². The summed E-state index contributed by atoms with van der Waals surface area (Å²) in [7, 11) is 0. The molecule has 2 heterocycles. The number of hydrogen-bond acceptors (Lipinski definition) is 7. The quantitative estimate of drug-likeness (QED) is 0.0850. The van der Waals surface area contributed by atoms with Crippen molar-refractivity contribution in [3.63, 3.8) is 0 Å². The molecule has 0 radical (unpaired) electrons. The van der Waals surface area contributed by atoms with Gasteiger partial charge in [-0.1, -0.05) is 57.5 Å². The lowest BCUT2D eigenvalue weighted by Crippen LogP contribution is -2.49. The van der Waals surface area contributed by atoms with Gasteiger partial charge in [-0.2, -0.15) is 0 Å². The number of nitrogens with one attached hydrogen (secondary N) is 3. The molecule has 4 rings (SSSR count). The van der Waals surface area contributed by atoms with Crippen LogP contribution in [-0.2, 0) is 30.5 Å². The lowest BCUT2D eigenvalue weighted by molar-refractivity contribution is -0.137. The molecule has 0 fully saturated rings. The number of amides is 5. The van der Waals surface area contributed by atoms with Crippen LogP contribution < -0.4 is 21.9 Å². The molecule has 0 bridgehead atoms. The Bertz CT molecular complexity index is 1770. The summed E-state index contributed by atoms with van der Waals surface area (Å²) < 4.78 is 30.9. The van der Waals surface area contributed by atoms with Gasteiger partial charge in [0.1, 0.15) is 17.7 Å². The third-order valence-electron chi connectivity index (χ3n) is 8.72. The van der Waals surface area contributed by atoms with Gasteiger partial charge in [-0.15, -0.1) is 0 Å². The smallest absolute Gasteiger partial charge is 0.255 e. The molecule has 0 saturated carbocycles. The Kier molecular flexibility index (Phi) is 13.6. The molecule has 5 amide bonds. The fourth-order valence-corrected chi connectivity index (χ4v) is 5.80. The van der Waals surface area contributed by atoms with E-state index in [-0.39, 0.29) is 43.2 Å². The van der Waals surface area contributed by atoms with Crippen LogP contribution in [0.3, 0.4) is 0 Å². The number of hydrazine groups is 1. The van der Waals surface area contributed by atoms with Crippen LogP contribution in [0.15, 0.2) is 72.9 Å². The van der Waals surface area contributed by atoms with Crippen molar-refractivity contribution in [2.45, 2.75) is 84.0 Å². The molecule has 6 N–H and O–H groups in total. The zero-order valence-electron chi connectivity index (χ0n) is 29.5. The van der Waals surface area contributed by atoms with E-state index in [1.807, 2.05) is 55.7 Å². The molecule has 1 unspecified atom stereocenters. The third kappa shape index (κ3) is 10.9. The van der Waals surface area contributed by atoms with Crippen molar-refractivity contribution in [3.8, 4) is 11.1 Å². The van der Waals surface area contributed by atoms with Gasteiger partial charge in [0, 0.05) is 54.7 Å². The largest absolute Gasteiger partial charge is 0.383 e. The Morgan fingerprint density at radius 1 is 0.885 bits per heavy atom. The highest BCUT2D eigenvalue weighted by Gasteiger charge is 2.33. The number of nitrogens with zero attached hydrogens (tertiary/aromatic N) is 2. The summed E-state index contributed by atoms with van der Waals surface area (Å²) in [6.07, 6.45) is 4.05. The number of aromatic nitrogens is 1. The molecule has 0 aliphatic carbocycles. The monoisotopic (exact) mass is 720 g/mol. The maximum Gasteiger partial charge on any atom is 0.255 e. The maximum absolute atomic E-state index is 14.9. The van der Waals surface area contributed by atoms with Crippen molar-refractivity contribution >= 4 is 29.5 Å². The van der Waals surface area contributed by atoms with Gasteiger partial charge in [-0.25, -0.2) is 8.78 Å². The highest BCUT2D eigenvalue weighted by Crippen LogP contribution is 2.37. The van der Waals surface area contributed by atoms with Crippen molar-refractivity contribution < 1.29 is 37.9 Å². The number of nitrogens with two attached hydrogens (primary N) is 1. The summed E-state index contributed by atoms with van der Waals surface area (Å²) in [6, 6.07) is 12.6. The van der Waals surface area contributed by atoms with Crippen LogP contribution in [0, 0.1) is 17.0 Å². The average molecular weight is 721 g/mol. The van der Waals surface area contributed by atoms with E-state index < -0.39 is 53.0 Å². The molecular weight excluding hydrogens is 674 g/mol.